The first kappa shape index (κ1) is 12.8. The zero-order valence-corrected chi connectivity index (χ0v) is 12.3. The lowest BCUT2D eigenvalue weighted by Gasteiger charge is -2.29. The third-order valence-corrected chi connectivity index (χ3v) is 5.10. The Morgan fingerprint density at radius 2 is 1.89 bits per heavy atom. The summed E-state index contributed by atoms with van der Waals surface area (Å²) in [6, 6.07) is 1.23. The van der Waals surface area contributed by atoms with Crippen LogP contribution in [0.1, 0.15) is 31.2 Å². The van der Waals surface area contributed by atoms with E-state index in [4.69, 9.17) is 0 Å². The van der Waals surface area contributed by atoms with Crippen LogP contribution >= 0.6 is 11.3 Å². The minimum absolute atomic E-state index is 0.546. The highest BCUT2D eigenvalue weighted by Gasteiger charge is 2.21. The van der Waals surface area contributed by atoms with E-state index >= 15 is 0 Å². The SMILES string of the molecule is CNC1CCC(Nc2ncnc3c(C)csc23)CC1. The van der Waals surface area contributed by atoms with E-state index in [1.807, 2.05) is 0 Å². The van der Waals surface area contributed by atoms with E-state index in [-0.39, 0.29) is 0 Å². The van der Waals surface area contributed by atoms with Gasteiger partial charge in [0, 0.05) is 12.1 Å². The Morgan fingerprint density at radius 3 is 2.63 bits per heavy atom. The van der Waals surface area contributed by atoms with Crippen molar-refractivity contribution in [3.8, 4) is 0 Å². The molecule has 2 aromatic rings. The van der Waals surface area contributed by atoms with Crippen LogP contribution in [0.4, 0.5) is 5.82 Å². The van der Waals surface area contributed by atoms with Crippen LogP contribution in [0.5, 0.6) is 0 Å². The molecule has 5 heteroatoms. The minimum Gasteiger partial charge on any atom is -0.366 e. The molecule has 0 amide bonds. The molecule has 2 aromatic heterocycles. The van der Waals surface area contributed by atoms with Gasteiger partial charge in [-0.3, -0.25) is 0 Å². The molecular weight excluding hydrogens is 256 g/mol. The Labute approximate surface area is 117 Å². The average molecular weight is 276 g/mol. The molecule has 0 aliphatic heterocycles. The molecule has 1 fully saturated rings. The Morgan fingerprint density at radius 1 is 1.16 bits per heavy atom. The maximum atomic E-state index is 4.43. The van der Waals surface area contributed by atoms with E-state index in [2.05, 4.69) is 40.0 Å². The number of aromatic nitrogens is 2. The number of thiophene rings is 1. The van der Waals surface area contributed by atoms with Crippen molar-refractivity contribution < 1.29 is 0 Å². The van der Waals surface area contributed by atoms with Crippen molar-refractivity contribution in [1.29, 1.82) is 0 Å². The summed E-state index contributed by atoms with van der Waals surface area (Å²) in [6.45, 7) is 2.10. The summed E-state index contributed by atoms with van der Waals surface area (Å²) in [5.41, 5.74) is 2.33. The first-order chi connectivity index (χ1) is 9.28. The van der Waals surface area contributed by atoms with Crippen LogP contribution in [0.3, 0.4) is 0 Å². The number of aryl methyl sites for hydroxylation is 1. The van der Waals surface area contributed by atoms with Crippen molar-refractivity contribution >= 4 is 27.4 Å². The van der Waals surface area contributed by atoms with Crippen LogP contribution in [0.25, 0.3) is 10.2 Å². The molecular formula is C14H20N4S. The zero-order chi connectivity index (χ0) is 13.2. The molecule has 1 aliphatic carbocycles. The van der Waals surface area contributed by atoms with Gasteiger partial charge >= 0.3 is 0 Å². The van der Waals surface area contributed by atoms with Crippen molar-refractivity contribution in [3.05, 3.63) is 17.3 Å². The molecule has 2 N–H and O–H groups in total. The van der Waals surface area contributed by atoms with Crippen LogP contribution in [-0.4, -0.2) is 29.1 Å². The maximum absolute atomic E-state index is 4.43. The molecule has 0 saturated heterocycles. The molecule has 1 aliphatic rings. The van der Waals surface area contributed by atoms with Gasteiger partial charge in [-0.15, -0.1) is 11.3 Å². The lowest BCUT2D eigenvalue weighted by Crippen LogP contribution is -2.35. The molecule has 0 bridgehead atoms. The van der Waals surface area contributed by atoms with Crippen LogP contribution in [0.15, 0.2) is 11.7 Å². The van der Waals surface area contributed by atoms with Gasteiger partial charge in [0.15, 0.2) is 0 Å². The number of nitrogens with zero attached hydrogens (tertiary/aromatic N) is 2. The second-order valence-electron chi connectivity index (χ2n) is 5.30. The van der Waals surface area contributed by atoms with Crippen LogP contribution in [0, 0.1) is 6.92 Å². The van der Waals surface area contributed by atoms with Crippen LogP contribution in [-0.2, 0) is 0 Å². The van der Waals surface area contributed by atoms with Crippen molar-refractivity contribution in [3.63, 3.8) is 0 Å². The van der Waals surface area contributed by atoms with Gasteiger partial charge in [-0.05, 0) is 50.6 Å². The summed E-state index contributed by atoms with van der Waals surface area (Å²) in [4.78, 5) is 8.80. The Kier molecular flexibility index (Phi) is 3.66. The number of hydrogen-bond acceptors (Lipinski definition) is 5. The minimum atomic E-state index is 0.546. The summed E-state index contributed by atoms with van der Waals surface area (Å²) in [6.07, 6.45) is 6.57. The molecule has 0 atom stereocenters. The van der Waals surface area contributed by atoms with Crippen LogP contribution < -0.4 is 10.6 Å². The molecule has 0 spiro atoms. The topological polar surface area (TPSA) is 49.8 Å². The highest BCUT2D eigenvalue weighted by molar-refractivity contribution is 7.18. The molecule has 0 radical (unpaired) electrons. The Hall–Kier alpha value is -1.20. The monoisotopic (exact) mass is 276 g/mol. The van der Waals surface area contributed by atoms with E-state index in [1.54, 1.807) is 17.7 Å². The molecule has 4 nitrogen and oxygen atoms in total. The number of fused-ring (bicyclic) bond motifs is 1. The van der Waals surface area contributed by atoms with Gasteiger partial charge in [-0.25, -0.2) is 9.97 Å². The normalized spacial score (nSPS) is 23.7. The van der Waals surface area contributed by atoms with Gasteiger partial charge in [0.1, 0.15) is 12.1 Å². The van der Waals surface area contributed by atoms with Gasteiger partial charge in [0.2, 0.25) is 0 Å². The lowest BCUT2D eigenvalue weighted by molar-refractivity contribution is 0.371. The Bertz CT molecular complexity index is 558. The zero-order valence-electron chi connectivity index (χ0n) is 11.4. The van der Waals surface area contributed by atoms with Crippen molar-refractivity contribution in [2.24, 2.45) is 0 Å². The molecule has 0 aromatic carbocycles. The largest absolute Gasteiger partial charge is 0.366 e. The highest BCUT2D eigenvalue weighted by atomic mass is 32.1. The number of hydrogen-bond donors (Lipinski definition) is 2. The standard InChI is InChI=1S/C14H20N4S/c1-9-7-19-13-12(9)16-8-17-14(13)18-11-5-3-10(15-2)4-6-11/h7-8,10-11,15H,3-6H2,1-2H3,(H,16,17,18). The summed E-state index contributed by atoms with van der Waals surface area (Å²) in [5, 5.41) is 9.14. The summed E-state index contributed by atoms with van der Waals surface area (Å²) >= 11 is 1.73. The average Bonchev–Trinajstić information content (AvgIpc) is 2.83. The van der Waals surface area contributed by atoms with Gasteiger partial charge in [0.25, 0.3) is 0 Å². The summed E-state index contributed by atoms with van der Waals surface area (Å²) < 4.78 is 1.19. The fraction of sp³-hybridized carbons (Fsp3) is 0.571. The van der Waals surface area contributed by atoms with Gasteiger partial charge in [-0.2, -0.15) is 0 Å². The van der Waals surface area contributed by atoms with Gasteiger partial charge in [-0.1, -0.05) is 0 Å². The molecule has 1 saturated carbocycles. The van der Waals surface area contributed by atoms with E-state index in [0.717, 1.165) is 11.3 Å². The van der Waals surface area contributed by atoms with Gasteiger partial charge in [0.05, 0.1) is 10.2 Å². The first-order valence-electron chi connectivity index (χ1n) is 6.90. The lowest BCUT2D eigenvalue weighted by atomic mass is 9.91. The van der Waals surface area contributed by atoms with E-state index in [0.29, 0.717) is 12.1 Å². The molecule has 19 heavy (non-hydrogen) atoms. The van der Waals surface area contributed by atoms with Crippen molar-refractivity contribution in [2.45, 2.75) is 44.7 Å². The van der Waals surface area contributed by atoms with Crippen LogP contribution in [0.2, 0.25) is 0 Å². The summed E-state index contributed by atoms with van der Waals surface area (Å²) in [5.74, 6) is 1.01. The predicted molar refractivity (Wildman–Crippen MR) is 80.9 cm³/mol. The summed E-state index contributed by atoms with van der Waals surface area (Å²) in [7, 11) is 2.06. The fourth-order valence-corrected chi connectivity index (χ4v) is 3.75. The third-order valence-electron chi connectivity index (χ3n) is 4.01. The van der Waals surface area contributed by atoms with E-state index in [1.165, 1.54) is 35.9 Å². The Balaban J connectivity index is 1.75. The number of anilines is 1. The van der Waals surface area contributed by atoms with Crippen molar-refractivity contribution in [2.75, 3.05) is 12.4 Å². The predicted octanol–water partition coefficient (Wildman–Crippen LogP) is 2.94. The van der Waals surface area contributed by atoms with E-state index < -0.39 is 0 Å². The molecule has 0 unspecified atom stereocenters. The third kappa shape index (κ3) is 2.58. The number of nitrogens with one attached hydrogen (secondary N) is 2. The van der Waals surface area contributed by atoms with E-state index in [9.17, 15) is 0 Å². The van der Waals surface area contributed by atoms with Gasteiger partial charge < -0.3 is 10.6 Å². The second kappa shape index (κ2) is 5.43. The first-order valence-corrected chi connectivity index (χ1v) is 7.78. The molecule has 3 rings (SSSR count). The quantitative estimate of drug-likeness (QED) is 0.905. The molecule has 102 valence electrons. The fourth-order valence-electron chi connectivity index (χ4n) is 2.79. The highest BCUT2D eigenvalue weighted by Crippen LogP contribution is 2.30. The smallest absolute Gasteiger partial charge is 0.147 e. The maximum Gasteiger partial charge on any atom is 0.147 e. The van der Waals surface area contributed by atoms with Crippen molar-refractivity contribution in [1.82, 2.24) is 15.3 Å². The second-order valence-corrected chi connectivity index (χ2v) is 6.18. The number of rotatable bonds is 3. The molecule has 2 heterocycles.